The average Bonchev–Trinajstić information content (AvgIpc) is 3.44. The zero-order chi connectivity index (χ0) is 23.7. The summed E-state index contributed by atoms with van der Waals surface area (Å²) in [6.45, 7) is 3.94. The van der Waals surface area contributed by atoms with Crippen LogP contribution in [0.15, 0.2) is 48.5 Å². The summed E-state index contributed by atoms with van der Waals surface area (Å²) in [5.74, 6) is 0.489. The minimum atomic E-state index is -0.285. The van der Waals surface area contributed by atoms with E-state index in [0.29, 0.717) is 13.1 Å². The first-order valence-corrected chi connectivity index (χ1v) is 12.1. The molecule has 1 unspecified atom stereocenters. The number of thiazole rings is 1. The zero-order valence-corrected chi connectivity index (χ0v) is 19.9. The Bertz CT molecular complexity index is 1300. The van der Waals surface area contributed by atoms with Crippen molar-refractivity contribution in [2.24, 2.45) is 5.92 Å². The van der Waals surface area contributed by atoms with Crippen molar-refractivity contribution in [2.75, 3.05) is 25.1 Å². The number of aryl methyl sites for hydroxylation is 1. The normalized spacial score (nSPS) is 16.1. The number of aromatic nitrogens is 3. The van der Waals surface area contributed by atoms with Gasteiger partial charge in [0.15, 0.2) is 10.8 Å². The fourth-order valence-electron chi connectivity index (χ4n) is 4.26. The van der Waals surface area contributed by atoms with Crippen molar-refractivity contribution >= 4 is 32.7 Å². The van der Waals surface area contributed by atoms with Crippen molar-refractivity contribution in [2.45, 2.75) is 26.3 Å². The third kappa shape index (κ3) is 4.48. The number of carbonyl (C=O) groups is 1. The predicted octanol–water partition coefficient (Wildman–Crippen LogP) is 4.47. The van der Waals surface area contributed by atoms with Crippen LogP contribution in [0.4, 0.5) is 9.52 Å². The summed E-state index contributed by atoms with van der Waals surface area (Å²) >= 11 is 1.59. The van der Waals surface area contributed by atoms with Crippen molar-refractivity contribution in [3.63, 3.8) is 0 Å². The maximum atomic E-state index is 13.4. The van der Waals surface area contributed by atoms with Crippen LogP contribution in [0.5, 0.6) is 5.75 Å². The molecule has 1 saturated heterocycles. The van der Waals surface area contributed by atoms with Gasteiger partial charge in [0.2, 0.25) is 5.91 Å². The fraction of sp³-hybridized carbons (Fsp3) is 0.320. The smallest absolute Gasteiger partial charge is 0.225 e. The lowest BCUT2D eigenvalue weighted by Gasteiger charge is -2.31. The molecule has 0 spiro atoms. The van der Waals surface area contributed by atoms with Gasteiger partial charge in [-0.1, -0.05) is 23.5 Å². The van der Waals surface area contributed by atoms with Crippen LogP contribution in [-0.2, 0) is 11.3 Å². The lowest BCUT2D eigenvalue weighted by molar-refractivity contribution is -0.125. The van der Waals surface area contributed by atoms with Gasteiger partial charge in [0.05, 0.1) is 29.1 Å². The molecule has 1 amide bonds. The van der Waals surface area contributed by atoms with Crippen molar-refractivity contribution in [1.29, 1.82) is 0 Å². The van der Waals surface area contributed by atoms with Crippen LogP contribution in [0.2, 0.25) is 0 Å². The number of ether oxygens (including phenoxy) is 1. The summed E-state index contributed by atoms with van der Waals surface area (Å²) < 4.78 is 21.3. The van der Waals surface area contributed by atoms with E-state index in [4.69, 9.17) is 9.72 Å². The van der Waals surface area contributed by atoms with E-state index >= 15 is 0 Å². The minimum Gasteiger partial charge on any atom is -0.497 e. The van der Waals surface area contributed by atoms with Crippen molar-refractivity contribution < 1.29 is 13.9 Å². The largest absolute Gasteiger partial charge is 0.497 e. The quantitative estimate of drug-likeness (QED) is 0.442. The molecule has 0 bridgehead atoms. The van der Waals surface area contributed by atoms with Gasteiger partial charge in [0, 0.05) is 19.6 Å². The average molecular weight is 480 g/mol. The molecule has 2 aromatic carbocycles. The van der Waals surface area contributed by atoms with Gasteiger partial charge in [-0.2, -0.15) is 10.1 Å². The number of fused-ring (bicyclic) bond motifs is 1. The van der Waals surface area contributed by atoms with Crippen molar-refractivity contribution in [1.82, 2.24) is 20.1 Å². The molecular weight excluding hydrogens is 453 g/mol. The van der Waals surface area contributed by atoms with Gasteiger partial charge in [-0.15, -0.1) is 0 Å². The third-order valence-corrected chi connectivity index (χ3v) is 7.35. The number of nitrogens with zero attached hydrogens (tertiary/aromatic N) is 4. The lowest BCUT2D eigenvalue weighted by atomic mass is 9.97. The number of anilines is 1. The number of rotatable bonds is 6. The molecule has 176 valence electrons. The molecule has 9 heteroatoms. The van der Waals surface area contributed by atoms with E-state index in [1.54, 1.807) is 35.3 Å². The predicted molar refractivity (Wildman–Crippen MR) is 131 cm³/mol. The maximum Gasteiger partial charge on any atom is 0.225 e. The van der Waals surface area contributed by atoms with E-state index in [1.807, 2.05) is 31.2 Å². The Morgan fingerprint density at radius 1 is 1.21 bits per heavy atom. The molecule has 0 aliphatic carbocycles. The summed E-state index contributed by atoms with van der Waals surface area (Å²) in [4.78, 5) is 20.0. The molecule has 7 nitrogen and oxygen atoms in total. The van der Waals surface area contributed by atoms with Crippen LogP contribution in [0.1, 0.15) is 24.1 Å². The molecular formula is C25H26FN5O2S. The fourth-order valence-corrected chi connectivity index (χ4v) is 5.28. The number of amides is 1. The first-order valence-electron chi connectivity index (χ1n) is 11.3. The summed E-state index contributed by atoms with van der Waals surface area (Å²) in [5.41, 5.74) is 3.45. The van der Waals surface area contributed by atoms with E-state index < -0.39 is 0 Å². The number of benzene rings is 2. The lowest BCUT2D eigenvalue weighted by Crippen LogP contribution is -2.43. The van der Waals surface area contributed by atoms with Crippen LogP contribution in [0.3, 0.4) is 0 Å². The van der Waals surface area contributed by atoms with Crippen molar-refractivity contribution in [3.05, 3.63) is 65.6 Å². The molecule has 1 N–H and O–H groups in total. The summed E-state index contributed by atoms with van der Waals surface area (Å²) in [5, 5.41) is 8.56. The van der Waals surface area contributed by atoms with Gasteiger partial charge in [-0.3, -0.25) is 4.79 Å². The van der Waals surface area contributed by atoms with Crippen LogP contribution < -0.4 is 15.0 Å². The second-order valence-corrected chi connectivity index (χ2v) is 9.45. The molecule has 34 heavy (non-hydrogen) atoms. The minimum absolute atomic E-state index is 0.0651. The highest BCUT2D eigenvalue weighted by molar-refractivity contribution is 7.22. The maximum absolute atomic E-state index is 13.4. The highest BCUT2D eigenvalue weighted by atomic mass is 32.1. The second kappa shape index (κ2) is 9.42. The van der Waals surface area contributed by atoms with Gasteiger partial charge in [0.25, 0.3) is 0 Å². The number of hydrogen-bond acceptors (Lipinski definition) is 6. The van der Waals surface area contributed by atoms with E-state index in [9.17, 15) is 9.18 Å². The summed E-state index contributed by atoms with van der Waals surface area (Å²) in [6, 6.07) is 13.9. The van der Waals surface area contributed by atoms with E-state index in [1.165, 1.54) is 12.1 Å². The molecule has 2 aromatic heterocycles. The summed E-state index contributed by atoms with van der Waals surface area (Å²) in [7, 11) is 1.64. The molecule has 0 saturated carbocycles. The van der Waals surface area contributed by atoms with Crippen molar-refractivity contribution in [3.8, 4) is 11.4 Å². The Labute approximate surface area is 201 Å². The third-order valence-electron chi connectivity index (χ3n) is 6.14. The van der Waals surface area contributed by atoms with Gasteiger partial charge in [0.1, 0.15) is 11.6 Å². The second-order valence-electron chi connectivity index (χ2n) is 8.47. The SMILES string of the molecule is COc1ccc(CNC(=O)C2CCCN(c3nc4c(s3)c(C)nn4-c3ccc(F)cc3)C2)cc1. The standard InChI is InChI=1S/C25H26FN5O2S/c1-16-22-23(31(29-16)20-9-7-19(26)8-10-20)28-25(34-22)30-13-3-4-18(15-30)24(32)27-14-17-5-11-21(33-2)12-6-17/h5-12,18H,3-4,13-15H2,1-2H3,(H,27,32). The monoisotopic (exact) mass is 479 g/mol. The Morgan fingerprint density at radius 3 is 2.71 bits per heavy atom. The van der Waals surface area contributed by atoms with E-state index in [-0.39, 0.29) is 17.6 Å². The van der Waals surface area contributed by atoms with Gasteiger partial charge >= 0.3 is 0 Å². The van der Waals surface area contributed by atoms with Gasteiger partial charge in [-0.05, 0) is 61.7 Å². The molecule has 4 aromatic rings. The molecule has 0 radical (unpaired) electrons. The number of nitrogens with one attached hydrogen (secondary N) is 1. The van der Waals surface area contributed by atoms with E-state index in [2.05, 4.69) is 15.3 Å². The zero-order valence-electron chi connectivity index (χ0n) is 19.1. The number of hydrogen-bond donors (Lipinski definition) is 1. The van der Waals surface area contributed by atoms with Gasteiger partial charge < -0.3 is 15.0 Å². The van der Waals surface area contributed by atoms with E-state index in [0.717, 1.165) is 57.6 Å². The first kappa shape index (κ1) is 22.3. The topological polar surface area (TPSA) is 72.3 Å². The Hall–Kier alpha value is -3.46. The highest BCUT2D eigenvalue weighted by Crippen LogP contribution is 2.34. The number of piperidine rings is 1. The highest BCUT2D eigenvalue weighted by Gasteiger charge is 2.28. The van der Waals surface area contributed by atoms with Crippen LogP contribution in [0, 0.1) is 18.7 Å². The molecule has 3 heterocycles. The molecule has 1 aliphatic rings. The Morgan fingerprint density at radius 2 is 1.97 bits per heavy atom. The molecule has 5 rings (SSSR count). The Kier molecular flexibility index (Phi) is 6.19. The molecule has 1 atom stereocenters. The first-order chi connectivity index (χ1) is 16.5. The molecule has 1 aliphatic heterocycles. The van der Waals surface area contributed by atoms with Crippen LogP contribution in [-0.4, -0.2) is 40.9 Å². The summed E-state index contributed by atoms with van der Waals surface area (Å²) in [6.07, 6.45) is 1.79. The van der Waals surface area contributed by atoms with Gasteiger partial charge in [-0.25, -0.2) is 9.07 Å². The number of halogens is 1. The number of carbonyl (C=O) groups excluding carboxylic acids is 1. The Balaban J connectivity index is 1.29. The van der Waals surface area contributed by atoms with Crippen LogP contribution >= 0.6 is 11.3 Å². The number of methoxy groups -OCH3 is 1. The van der Waals surface area contributed by atoms with Crippen LogP contribution in [0.25, 0.3) is 16.0 Å². The molecule has 1 fully saturated rings.